The van der Waals surface area contributed by atoms with Gasteiger partial charge in [0.1, 0.15) is 11.5 Å². The third kappa shape index (κ3) is 5.96. The lowest BCUT2D eigenvalue weighted by atomic mass is 9.69. The number of benzene rings is 2. The topological polar surface area (TPSA) is 105 Å². The van der Waals surface area contributed by atoms with Crippen LogP contribution >= 0.6 is 11.6 Å². The molecule has 7 rings (SSSR count). The highest BCUT2D eigenvalue weighted by Crippen LogP contribution is 2.48. The number of phenolic OH excluding ortho intramolecular Hbond substituents is 1. The molecule has 2 bridgehead atoms. The first-order chi connectivity index (χ1) is 21.6. The van der Waals surface area contributed by atoms with Gasteiger partial charge < -0.3 is 19.5 Å². The lowest BCUT2D eigenvalue weighted by Crippen LogP contribution is -2.48. The van der Waals surface area contributed by atoms with E-state index in [1.54, 1.807) is 18.2 Å². The fourth-order valence-corrected chi connectivity index (χ4v) is 10.0. The molecule has 2 aromatic rings. The number of allylic oxidation sites excluding steroid dienone is 2. The highest BCUT2D eigenvalue weighted by molar-refractivity contribution is 7.90. The number of hydrogen-bond acceptors (Lipinski definition) is 7. The van der Waals surface area contributed by atoms with Gasteiger partial charge in [0.25, 0.3) is 5.91 Å². The van der Waals surface area contributed by atoms with Crippen molar-refractivity contribution in [1.29, 1.82) is 0 Å². The van der Waals surface area contributed by atoms with Gasteiger partial charge in [0, 0.05) is 30.7 Å². The summed E-state index contributed by atoms with van der Waals surface area (Å²) in [6.45, 7) is 4.52. The number of halogens is 1. The smallest absolute Gasteiger partial charge is 0.264 e. The minimum Gasteiger partial charge on any atom is -0.506 e. The summed E-state index contributed by atoms with van der Waals surface area (Å²) in [5.41, 5.74) is 2.94. The van der Waals surface area contributed by atoms with Crippen LogP contribution in [0.4, 0.5) is 5.69 Å². The third-order valence-electron chi connectivity index (χ3n) is 11.1. The molecule has 45 heavy (non-hydrogen) atoms. The average Bonchev–Trinajstić information content (AvgIpc) is 3.11. The maximum atomic E-state index is 13.7. The maximum Gasteiger partial charge on any atom is 0.264 e. The van der Waals surface area contributed by atoms with E-state index in [1.165, 1.54) is 6.42 Å². The summed E-state index contributed by atoms with van der Waals surface area (Å²) in [5, 5.41) is 10.3. The number of anilines is 1. The minimum atomic E-state index is -3.98. The van der Waals surface area contributed by atoms with Crippen molar-refractivity contribution in [3.63, 3.8) is 0 Å². The summed E-state index contributed by atoms with van der Waals surface area (Å²) >= 11 is 6.34. The first-order valence-corrected chi connectivity index (χ1v) is 18.4. The molecule has 2 aliphatic carbocycles. The average molecular weight is 655 g/mol. The predicted molar refractivity (Wildman–Crippen MR) is 175 cm³/mol. The standard InChI is InChI=1S/C35H43ClN2O6S/c1-22-5-2-3-6-23-8-9-26(23)19-38-20-35(13-4-7-24-15-29(36)31(39)18-28(24)35)21-44-32-11-10-25(16-30(32)38)34(40)37-45(41,42)33(22)17-27-12-14-43-27/h2-3,10-11,15-16,18,22-23,26-27,33,39H,4-9,12-14,17,19-21H2,1H3,(H,37,40)/b3-2+/t22-,23-,26-,27-,33-,35-/m0/s1. The highest BCUT2D eigenvalue weighted by atomic mass is 35.5. The molecule has 6 atom stereocenters. The van der Waals surface area contributed by atoms with E-state index in [-0.39, 0.29) is 23.2 Å². The van der Waals surface area contributed by atoms with E-state index < -0.39 is 21.2 Å². The molecule has 8 nitrogen and oxygen atoms in total. The maximum absolute atomic E-state index is 13.7. The normalized spacial score (nSPS) is 33.3. The second-order valence-electron chi connectivity index (χ2n) is 14.0. The van der Waals surface area contributed by atoms with Gasteiger partial charge in [-0.3, -0.25) is 4.79 Å². The summed E-state index contributed by atoms with van der Waals surface area (Å²) in [4.78, 5) is 16.0. The number of nitrogens with one attached hydrogen (secondary N) is 1. The molecule has 1 saturated carbocycles. The van der Waals surface area contributed by atoms with Gasteiger partial charge >= 0.3 is 0 Å². The van der Waals surface area contributed by atoms with Crippen LogP contribution in [-0.4, -0.2) is 57.1 Å². The zero-order valence-electron chi connectivity index (χ0n) is 25.8. The summed E-state index contributed by atoms with van der Waals surface area (Å²) < 4.78 is 42.1. The molecule has 2 N–H and O–H groups in total. The van der Waals surface area contributed by atoms with Crippen LogP contribution in [-0.2, 0) is 26.6 Å². The minimum absolute atomic E-state index is 0.0777. The highest BCUT2D eigenvalue weighted by Gasteiger charge is 2.44. The van der Waals surface area contributed by atoms with Crippen molar-refractivity contribution >= 4 is 33.2 Å². The van der Waals surface area contributed by atoms with E-state index in [1.807, 2.05) is 19.1 Å². The third-order valence-corrected chi connectivity index (χ3v) is 13.3. The van der Waals surface area contributed by atoms with Crippen LogP contribution < -0.4 is 14.4 Å². The Morgan fingerprint density at radius 1 is 1.11 bits per heavy atom. The fourth-order valence-electron chi connectivity index (χ4n) is 8.14. The van der Waals surface area contributed by atoms with Crippen LogP contribution in [0.1, 0.15) is 79.8 Å². The zero-order chi connectivity index (χ0) is 31.3. The summed E-state index contributed by atoms with van der Waals surface area (Å²) in [6.07, 6.45) is 12.2. The molecule has 0 aromatic heterocycles. The molecule has 2 aromatic carbocycles. The van der Waals surface area contributed by atoms with Crippen molar-refractivity contribution < 1.29 is 27.8 Å². The van der Waals surface area contributed by atoms with Crippen LogP contribution in [0.2, 0.25) is 5.02 Å². The summed E-state index contributed by atoms with van der Waals surface area (Å²) in [6, 6.07) is 8.97. The van der Waals surface area contributed by atoms with Crippen LogP contribution in [0.5, 0.6) is 11.5 Å². The number of fused-ring (bicyclic) bond motifs is 4. The number of phenols is 1. The molecule has 3 heterocycles. The van der Waals surface area contributed by atoms with E-state index in [0.717, 1.165) is 61.9 Å². The Bertz CT molecular complexity index is 1610. The Kier molecular flexibility index (Phi) is 8.32. The van der Waals surface area contributed by atoms with Gasteiger partial charge in [-0.05, 0) is 117 Å². The number of nitrogens with zero attached hydrogens (tertiary/aromatic N) is 1. The largest absolute Gasteiger partial charge is 0.506 e. The first-order valence-electron chi connectivity index (χ1n) is 16.5. The Morgan fingerprint density at radius 3 is 2.67 bits per heavy atom. The number of hydrogen-bond donors (Lipinski definition) is 2. The molecular weight excluding hydrogens is 612 g/mol. The zero-order valence-corrected chi connectivity index (χ0v) is 27.4. The van der Waals surface area contributed by atoms with Gasteiger partial charge in [-0.15, -0.1) is 0 Å². The molecule has 1 saturated heterocycles. The van der Waals surface area contributed by atoms with Crippen molar-refractivity contribution in [3.8, 4) is 11.5 Å². The molecule has 0 radical (unpaired) electrons. The van der Waals surface area contributed by atoms with E-state index in [2.05, 4.69) is 21.8 Å². The molecule has 3 aliphatic heterocycles. The summed E-state index contributed by atoms with van der Waals surface area (Å²) in [5.74, 6) is 1.00. The molecule has 242 valence electrons. The van der Waals surface area contributed by atoms with Crippen molar-refractivity contribution in [1.82, 2.24) is 4.72 Å². The Morgan fingerprint density at radius 2 is 1.91 bits per heavy atom. The Labute approximate surface area is 271 Å². The van der Waals surface area contributed by atoms with Crippen LogP contribution in [0.15, 0.2) is 42.5 Å². The number of carbonyl (C=O) groups excluding carboxylic acids is 1. The molecule has 2 fully saturated rings. The molecule has 0 unspecified atom stereocenters. The van der Waals surface area contributed by atoms with Crippen molar-refractivity contribution in [3.05, 3.63) is 64.2 Å². The molecule has 1 spiro atoms. The monoisotopic (exact) mass is 654 g/mol. The van der Waals surface area contributed by atoms with Crippen LogP contribution in [0, 0.1) is 17.8 Å². The van der Waals surface area contributed by atoms with E-state index in [0.29, 0.717) is 60.8 Å². The van der Waals surface area contributed by atoms with Crippen molar-refractivity contribution in [2.75, 3.05) is 31.2 Å². The van der Waals surface area contributed by atoms with Crippen LogP contribution in [0.3, 0.4) is 0 Å². The second kappa shape index (κ2) is 12.1. The van der Waals surface area contributed by atoms with Gasteiger partial charge in [-0.1, -0.05) is 30.7 Å². The van der Waals surface area contributed by atoms with Crippen molar-refractivity contribution in [2.45, 2.75) is 81.5 Å². The SMILES string of the molecule is C[C@H]1C/C=C/C[C@H]2CC[C@H]2CN2C[C@@]3(CCCc4cc(Cl)c(O)cc43)COc3ccc(cc32)C(=O)NS(=O)(=O)[C@H]1C[C@@H]1CCO1. The van der Waals surface area contributed by atoms with Gasteiger partial charge in [0.2, 0.25) is 10.0 Å². The van der Waals surface area contributed by atoms with Gasteiger partial charge in [0.15, 0.2) is 0 Å². The Hall–Kier alpha value is -2.75. The second-order valence-corrected chi connectivity index (χ2v) is 16.3. The summed E-state index contributed by atoms with van der Waals surface area (Å²) in [7, 11) is -3.98. The molecule has 10 heteroatoms. The number of sulfonamides is 1. The van der Waals surface area contributed by atoms with Crippen molar-refractivity contribution in [2.24, 2.45) is 17.8 Å². The van der Waals surface area contributed by atoms with E-state index in [4.69, 9.17) is 21.1 Å². The number of rotatable bonds is 2. The van der Waals surface area contributed by atoms with Gasteiger partial charge in [0.05, 0.1) is 28.7 Å². The number of ether oxygens (including phenoxy) is 2. The molecule has 1 amide bonds. The van der Waals surface area contributed by atoms with Gasteiger partial charge in [-0.25, -0.2) is 13.1 Å². The predicted octanol–water partition coefficient (Wildman–Crippen LogP) is 6.14. The number of aromatic hydroxyl groups is 1. The molecule has 5 aliphatic rings. The van der Waals surface area contributed by atoms with E-state index in [9.17, 15) is 18.3 Å². The van der Waals surface area contributed by atoms with E-state index >= 15 is 0 Å². The quantitative estimate of drug-likeness (QED) is 0.375. The van der Waals surface area contributed by atoms with Gasteiger partial charge in [-0.2, -0.15) is 0 Å². The number of amides is 1. The lowest BCUT2D eigenvalue weighted by Gasteiger charge is -2.44. The molecular formula is C35H43ClN2O6S. The Balaban J connectivity index is 1.26. The first kappa shape index (κ1) is 30.9. The fraction of sp³-hybridized carbons (Fsp3) is 0.571. The number of carbonyl (C=O) groups is 1. The lowest BCUT2D eigenvalue weighted by molar-refractivity contribution is -0.0563. The number of aryl methyl sites for hydroxylation is 1. The van der Waals surface area contributed by atoms with Crippen LogP contribution in [0.25, 0.3) is 0 Å².